The Kier molecular flexibility index (Phi) is 8.70. The Bertz CT molecular complexity index is 500. The third-order valence-electron chi connectivity index (χ3n) is 3.56. The normalized spacial score (nSPS) is 12.0. The molecule has 2 amide bonds. The fourth-order valence-electron chi connectivity index (χ4n) is 2.16. The fraction of sp³-hybridized carbons (Fsp3) is 0.556. The molecular weight excluding hydrogens is 312 g/mol. The first kappa shape index (κ1) is 19.5. The third-order valence-corrected chi connectivity index (χ3v) is 3.81. The Morgan fingerprint density at radius 1 is 1.09 bits per heavy atom. The van der Waals surface area contributed by atoms with Gasteiger partial charge in [-0.25, -0.2) is 0 Å². The van der Waals surface area contributed by atoms with Gasteiger partial charge in [-0.1, -0.05) is 25.4 Å². The molecule has 23 heavy (non-hydrogen) atoms. The van der Waals surface area contributed by atoms with Gasteiger partial charge in [0.1, 0.15) is 0 Å². The molecule has 5 heteroatoms. The molecule has 0 unspecified atom stereocenters. The van der Waals surface area contributed by atoms with Gasteiger partial charge in [0.15, 0.2) is 0 Å². The van der Waals surface area contributed by atoms with E-state index in [1.165, 1.54) is 0 Å². The van der Waals surface area contributed by atoms with Crippen LogP contribution in [-0.2, 0) is 4.79 Å². The van der Waals surface area contributed by atoms with E-state index in [1.807, 2.05) is 6.92 Å². The molecule has 0 bridgehead atoms. The van der Waals surface area contributed by atoms with Crippen LogP contribution in [0.25, 0.3) is 0 Å². The number of carbonyl (C=O) groups is 2. The van der Waals surface area contributed by atoms with Crippen molar-refractivity contribution in [2.75, 3.05) is 6.54 Å². The number of benzene rings is 1. The summed E-state index contributed by atoms with van der Waals surface area (Å²) in [6.45, 7) is 6.87. The van der Waals surface area contributed by atoms with Crippen LogP contribution in [0.1, 0.15) is 56.8 Å². The van der Waals surface area contributed by atoms with Crippen molar-refractivity contribution >= 4 is 23.4 Å². The number of hydrogen-bond acceptors (Lipinski definition) is 2. The average molecular weight is 339 g/mol. The van der Waals surface area contributed by atoms with E-state index in [4.69, 9.17) is 11.6 Å². The molecule has 0 radical (unpaired) electrons. The Labute approximate surface area is 144 Å². The Morgan fingerprint density at radius 3 is 2.35 bits per heavy atom. The van der Waals surface area contributed by atoms with Gasteiger partial charge in [-0.2, -0.15) is 0 Å². The lowest BCUT2D eigenvalue weighted by atomic mass is 10.0. The van der Waals surface area contributed by atoms with Crippen molar-refractivity contribution in [1.82, 2.24) is 10.6 Å². The maximum atomic E-state index is 11.9. The molecule has 1 atom stereocenters. The summed E-state index contributed by atoms with van der Waals surface area (Å²) in [4.78, 5) is 23.7. The molecule has 128 valence electrons. The first-order valence-electron chi connectivity index (χ1n) is 8.21. The summed E-state index contributed by atoms with van der Waals surface area (Å²) in [7, 11) is 0. The first-order chi connectivity index (χ1) is 10.9. The highest BCUT2D eigenvalue weighted by Crippen LogP contribution is 2.09. The summed E-state index contributed by atoms with van der Waals surface area (Å²) >= 11 is 5.78. The molecule has 1 aromatic carbocycles. The van der Waals surface area contributed by atoms with E-state index >= 15 is 0 Å². The zero-order chi connectivity index (χ0) is 17.2. The molecular formula is C18H27ClN2O2. The van der Waals surface area contributed by atoms with Gasteiger partial charge < -0.3 is 10.6 Å². The minimum atomic E-state index is -0.146. The monoisotopic (exact) mass is 338 g/mol. The van der Waals surface area contributed by atoms with Crippen LogP contribution in [-0.4, -0.2) is 24.4 Å². The lowest BCUT2D eigenvalue weighted by Crippen LogP contribution is -2.33. The molecule has 2 N–H and O–H groups in total. The average Bonchev–Trinajstić information content (AvgIpc) is 2.50. The molecule has 1 aromatic rings. The summed E-state index contributed by atoms with van der Waals surface area (Å²) in [6, 6.07) is 6.93. The van der Waals surface area contributed by atoms with Gasteiger partial charge >= 0.3 is 0 Å². The molecule has 0 spiro atoms. The number of hydrogen-bond donors (Lipinski definition) is 2. The number of carbonyl (C=O) groups excluding carboxylic acids is 2. The minimum absolute atomic E-state index is 0.0435. The zero-order valence-corrected chi connectivity index (χ0v) is 15.0. The highest BCUT2D eigenvalue weighted by Gasteiger charge is 2.09. The van der Waals surface area contributed by atoms with Crippen LogP contribution in [0.3, 0.4) is 0 Å². The molecule has 1 rings (SSSR count). The van der Waals surface area contributed by atoms with Crippen LogP contribution >= 0.6 is 11.6 Å². The van der Waals surface area contributed by atoms with E-state index in [1.54, 1.807) is 24.3 Å². The van der Waals surface area contributed by atoms with E-state index in [0.29, 0.717) is 35.9 Å². The van der Waals surface area contributed by atoms with Crippen molar-refractivity contribution in [3.8, 4) is 0 Å². The molecule has 0 heterocycles. The smallest absolute Gasteiger partial charge is 0.251 e. The van der Waals surface area contributed by atoms with Gasteiger partial charge in [0.2, 0.25) is 5.91 Å². The van der Waals surface area contributed by atoms with Gasteiger partial charge in [-0.3, -0.25) is 9.59 Å². The van der Waals surface area contributed by atoms with E-state index in [2.05, 4.69) is 24.5 Å². The highest BCUT2D eigenvalue weighted by atomic mass is 35.5. The van der Waals surface area contributed by atoms with Crippen LogP contribution < -0.4 is 10.6 Å². The Balaban J connectivity index is 2.17. The zero-order valence-electron chi connectivity index (χ0n) is 14.2. The second-order valence-electron chi connectivity index (χ2n) is 6.31. The van der Waals surface area contributed by atoms with Crippen LogP contribution in [0.15, 0.2) is 24.3 Å². The topological polar surface area (TPSA) is 58.2 Å². The maximum Gasteiger partial charge on any atom is 0.251 e. The largest absolute Gasteiger partial charge is 0.354 e. The van der Waals surface area contributed by atoms with Crippen LogP contribution in [0, 0.1) is 5.92 Å². The molecule has 0 aliphatic heterocycles. The van der Waals surface area contributed by atoms with Gasteiger partial charge in [0.25, 0.3) is 5.91 Å². The number of rotatable bonds is 9. The predicted molar refractivity (Wildman–Crippen MR) is 94.7 cm³/mol. The lowest BCUT2D eigenvalue weighted by molar-refractivity contribution is -0.121. The summed E-state index contributed by atoms with van der Waals surface area (Å²) in [6.07, 6.45) is 3.16. The lowest BCUT2D eigenvalue weighted by Gasteiger charge is -2.15. The summed E-state index contributed by atoms with van der Waals surface area (Å²) < 4.78 is 0. The number of halogens is 1. The summed E-state index contributed by atoms with van der Waals surface area (Å²) in [5, 5.41) is 6.40. The van der Waals surface area contributed by atoms with Gasteiger partial charge in [-0.05, 0) is 56.4 Å². The molecule has 0 aromatic heterocycles. The van der Waals surface area contributed by atoms with E-state index in [9.17, 15) is 9.59 Å². The molecule has 0 saturated carbocycles. The summed E-state index contributed by atoms with van der Waals surface area (Å²) in [5.74, 6) is 0.548. The van der Waals surface area contributed by atoms with Crippen LogP contribution in [0.2, 0.25) is 5.02 Å². The molecule has 4 nitrogen and oxygen atoms in total. The Hall–Kier alpha value is -1.55. The van der Waals surface area contributed by atoms with Crippen LogP contribution in [0.5, 0.6) is 0 Å². The number of nitrogens with one attached hydrogen (secondary N) is 2. The fourth-order valence-corrected chi connectivity index (χ4v) is 2.28. The van der Waals surface area contributed by atoms with Gasteiger partial charge in [-0.15, -0.1) is 0 Å². The van der Waals surface area contributed by atoms with Crippen molar-refractivity contribution < 1.29 is 9.59 Å². The van der Waals surface area contributed by atoms with E-state index < -0.39 is 0 Å². The summed E-state index contributed by atoms with van der Waals surface area (Å²) in [5.41, 5.74) is 0.571. The van der Waals surface area contributed by atoms with Crippen molar-refractivity contribution in [2.45, 2.75) is 52.5 Å². The quantitative estimate of drug-likeness (QED) is 0.673. The van der Waals surface area contributed by atoms with Gasteiger partial charge in [0, 0.05) is 29.6 Å². The molecule has 0 saturated heterocycles. The highest BCUT2D eigenvalue weighted by molar-refractivity contribution is 6.30. The van der Waals surface area contributed by atoms with Crippen LogP contribution in [0.4, 0.5) is 0 Å². The second kappa shape index (κ2) is 10.3. The van der Waals surface area contributed by atoms with Crippen molar-refractivity contribution in [2.24, 2.45) is 5.92 Å². The molecule has 0 fully saturated rings. The molecule has 0 aliphatic rings. The second-order valence-corrected chi connectivity index (χ2v) is 6.74. The predicted octanol–water partition coefficient (Wildman–Crippen LogP) is 3.79. The van der Waals surface area contributed by atoms with E-state index in [0.717, 1.165) is 12.8 Å². The van der Waals surface area contributed by atoms with Gasteiger partial charge in [0.05, 0.1) is 0 Å². The third kappa shape index (κ3) is 8.60. The minimum Gasteiger partial charge on any atom is -0.354 e. The molecule has 0 aliphatic carbocycles. The first-order valence-corrected chi connectivity index (χ1v) is 8.59. The standard InChI is InChI=1S/C18H27ClN2O2/c1-13(2)6-7-14(3)21-17(22)5-4-12-20-18(23)15-8-10-16(19)11-9-15/h8-11,13-14H,4-7,12H2,1-3H3,(H,20,23)(H,21,22)/t14-/m0/s1. The Morgan fingerprint density at radius 2 is 1.74 bits per heavy atom. The SMILES string of the molecule is CC(C)CC[C@H](C)NC(=O)CCCNC(=O)c1ccc(Cl)cc1. The van der Waals surface area contributed by atoms with E-state index in [-0.39, 0.29) is 17.9 Å². The van der Waals surface area contributed by atoms with Crippen molar-refractivity contribution in [3.63, 3.8) is 0 Å². The number of amides is 2. The van der Waals surface area contributed by atoms with Crippen molar-refractivity contribution in [3.05, 3.63) is 34.9 Å². The maximum absolute atomic E-state index is 11.9. The van der Waals surface area contributed by atoms with Crippen molar-refractivity contribution in [1.29, 1.82) is 0 Å².